The quantitative estimate of drug-likeness (QED) is 0.694. The number of carbonyl (C=O) groups excluding carboxylic acids is 1. The molecule has 0 saturated carbocycles. The second-order valence-corrected chi connectivity index (χ2v) is 6.87. The molecule has 3 aromatic rings. The maximum absolute atomic E-state index is 13.3. The molecule has 8 heteroatoms. The van der Waals surface area contributed by atoms with Gasteiger partial charge in [-0.15, -0.1) is 0 Å². The average Bonchev–Trinajstić information content (AvgIpc) is 2.86. The van der Waals surface area contributed by atoms with E-state index in [1.54, 1.807) is 4.90 Å². The molecule has 4 rings (SSSR count). The number of hydrogen-bond donors (Lipinski definition) is 0. The normalized spacial score (nSPS) is 14.1. The van der Waals surface area contributed by atoms with Crippen molar-refractivity contribution in [2.75, 3.05) is 29.9 Å². The van der Waals surface area contributed by atoms with E-state index in [-0.39, 0.29) is 17.2 Å². The Morgan fingerprint density at radius 3 is 2.46 bits per heavy atom. The molecule has 144 valence electrons. The lowest BCUT2D eigenvalue weighted by atomic mass is 10.3. The highest BCUT2D eigenvalue weighted by atomic mass is 16.2. The zero-order valence-corrected chi connectivity index (χ0v) is 16.0. The summed E-state index contributed by atoms with van der Waals surface area (Å²) in [6.45, 7) is 3.72. The fourth-order valence-electron chi connectivity index (χ4n) is 3.37. The van der Waals surface area contributed by atoms with Crippen LogP contribution in [0.2, 0.25) is 0 Å². The third-order valence-corrected chi connectivity index (χ3v) is 4.79. The van der Waals surface area contributed by atoms with Crippen LogP contribution in [0, 0.1) is 0 Å². The molecular weight excluding hydrogens is 356 g/mol. The van der Waals surface area contributed by atoms with Crippen molar-refractivity contribution in [1.82, 2.24) is 19.7 Å². The van der Waals surface area contributed by atoms with Crippen LogP contribution < -0.4 is 15.4 Å². The molecule has 0 atom stereocenters. The number of benzene rings is 1. The fraction of sp³-hybridized carbons (Fsp3) is 0.350. The molecule has 1 aliphatic heterocycles. The van der Waals surface area contributed by atoms with E-state index in [0.717, 1.165) is 30.4 Å². The summed E-state index contributed by atoms with van der Waals surface area (Å²) in [5.41, 5.74) is 1.55. The highest BCUT2D eigenvalue weighted by molar-refractivity contribution is 6.06. The van der Waals surface area contributed by atoms with Gasteiger partial charge in [0.05, 0.1) is 11.0 Å². The standard InChI is InChI=1S/C20H22N6O2/c1-3-11-26-17(27)10-9-16(23-26)20(28)25-13-6-12-24(2)18-19(25)22-15-8-5-4-7-14(15)21-18/h4-5,7-10H,3,6,11-13H2,1-2H3. The van der Waals surface area contributed by atoms with E-state index in [1.165, 1.54) is 16.8 Å². The summed E-state index contributed by atoms with van der Waals surface area (Å²) >= 11 is 0. The highest BCUT2D eigenvalue weighted by Gasteiger charge is 2.28. The summed E-state index contributed by atoms with van der Waals surface area (Å²) in [5, 5.41) is 4.27. The van der Waals surface area contributed by atoms with E-state index in [4.69, 9.17) is 9.97 Å². The van der Waals surface area contributed by atoms with Gasteiger partial charge in [-0.05, 0) is 31.0 Å². The lowest BCUT2D eigenvalue weighted by Gasteiger charge is -2.22. The van der Waals surface area contributed by atoms with Gasteiger partial charge in [-0.1, -0.05) is 19.1 Å². The minimum absolute atomic E-state index is 0.208. The van der Waals surface area contributed by atoms with Crippen LogP contribution in [-0.2, 0) is 6.54 Å². The molecule has 1 amide bonds. The van der Waals surface area contributed by atoms with E-state index in [9.17, 15) is 9.59 Å². The van der Waals surface area contributed by atoms with Crippen molar-refractivity contribution >= 4 is 28.6 Å². The topological polar surface area (TPSA) is 84.2 Å². The van der Waals surface area contributed by atoms with Gasteiger partial charge in [-0.3, -0.25) is 14.5 Å². The number of carbonyl (C=O) groups is 1. The number of para-hydroxylation sites is 2. The van der Waals surface area contributed by atoms with Gasteiger partial charge in [0.25, 0.3) is 11.5 Å². The Morgan fingerprint density at radius 2 is 1.75 bits per heavy atom. The van der Waals surface area contributed by atoms with E-state index in [2.05, 4.69) is 5.10 Å². The summed E-state index contributed by atoms with van der Waals surface area (Å²) in [7, 11) is 1.95. The third kappa shape index (κ3) is 3.21. The number of hydrogen-bond acceptors (Lipinski definition) is 6. The maximum atomic E-state index is 13.3. The molecule has 0 unspecified atom stereocenters. The molecule has 1 aliphatic rings. The number of anilines is 2. The van der Waals surface area contributed by atoms with Crippen LogP contribution in [-0.4, -0.2) is 45.8 Å². The smallest absolute Gasteiger partial charge is 0.279 e. The van der Waals surface area contributed by atoms with E-state index in [1.807, 2.05) is 43.1 Å². The van der Waals surface area contributed by atoms with Gasteiger partial charge >= 0.3 is 0 Å². The molecule has 0 spiro atoms. The Hall–Kier alpha value is -3.29. The Bertz CT molecular complexity index is 1090. The van der Waals surface area contributed by atoms with Crippen molar-refractivity contribution in [3.05, 3.63) is 52.4 Å². The van der Waals surface area contributed by atoms with Crippen LogP contribution in [0.3, 0.4) is 0 Å². The molecule has 0 radical (unpaired) electrons. The van der Waals surface area contributed by atoms with Crippen LogP contribution in [0.5, 0.6) is 0 Å². The van der Waals surface area contributed by atoms with Crippen LogP contribution >= 0.6 is 0 Å². The van der Waals surface area contributed by atoms with Crippen molar-refractivity contribution in [2.24, 2.45) is 0 Å². The molecule has 8 nitrogen and oxygen atoms in total. The van der Waals surface area contributed by atoms with Crippen LogP contribution in [0.15, 0.2) is 41.2 Å². The molecule has 0 N–H and O–H groups in total. The second-order valence-electron chi connectivity index (χ2n) is 6.87. The second kappa shape index (κ2) is 7.38. The molecule has 1 aromatic carbocycles. The van der Waals surface area contributed by atoms with Crippen molar-refractivity contribution in [3.63, 3.8) is 0 Å². The predicted octanol–water partition coefficient (Wildman–Crippen LogP) is 2.08. The van der Waals surface area contributed by atoms with Crippen LogP contribution in [0.25, 0.3) is 11.0 Å². The summed E-state index contributed by atoms with van der Waals surface area (Å²) in [6, 6.07) is 10.5. The molecule has 0 fully saturated rings. The number of nitrogens with zero attached hydrogens (tertiary/aromatic N) is 6. The number of fused-ring (bicyclic) bond motifs is 2. The Kier molecular flexibility index (Phi) is 4.77. The zero-order valence-electron chi connectivity index (χ0n) is 16.0. The van der Waals surface area contributed by atoms with Gasteiger partial charge in [-0.25, -0.2) is 14.6 Å². The molecule has 0 bridgehead atoms. The number of aromatic nitrogens is 4. The van der Waals surface area contributed by atoms with Crippen LogP contribution in [0.1, 0.15) is 30.3 Å². The Balaban J connectivity index is 1.81. The largest absolute Gasteiger partial charge is 0.357 e. The first kappa shape index (κ1) is 18.1. The molecule has 0 saturated heterocycles. The average molecular weight is 378 g/mol. The first-order valence-corrected chi connectivity index (χ1v) is 9.46. The Labute approximate surface area is 162 Å². The zero-order chi connectivity index (χ0) is 19.7. The predicted molar refractivity (Wildman–Crippen MR) is 108 cm³/mol. The van der Waals surface area contributed by atoms with Crippen molar-refractivity contribution in [2.45, 2.75) is 26.3 Å². The van der Waals surface area contributed by atoms with Gasteiger partial charge in [0.2, 0.25) is 0 Å². The Morgan fingerprint density at radius 1 is 1.04 bits per heavy atom. The number of aryl methyl sites for hydroxylation is 1. The van der Waals surface area contributed by atoms with Gasteiger partial charge in [0, 0.05) is 32.7 Å². The molecule has 28 heavy (non-hydrogen) atoms. The summed E-state index contributed by atoms with van der Waals surface area (Å²) in [5.74, 6) is 0.927. The highest BCUT2D eigenvalue weighted by Crippen LogP contribution is 2.30. The van der Waals surface area contributed by atoms with Gasteiger partial charge in [0.1, 0.15) is 5.69 Å². The number of amides is 1. The first-order chi connectivity index (χ1) is 13.6. The third-order valence-electron chi connectivity index (χ3n) is 4.79. The lowest BCUT2D eigenvalue weighted by molar-refractivity contribution is 0.0979. The molecule has 3 heterocycles. The minimum atomic E-state index is -0.272. The lowest BCUT2D eigenvalue weighted by Crippen LogP contribution is -2.35. The summed E-state index contributed by atoms with van der Waals surface area (Å²) in [4.78, 5) is 38.4. The SMILES string of the molecule is CCCn1nc(C(=O)N2CCCN(C)c3nc4ccccc4nc32)ccc1=O. The van der Waals surface area contributed by atoms with Gasteiger partial charge < -0.3 is 4.90 Å². The van der Waals surface area contributed by atoms with Gasteiger partial charge in [0.15, 0.2) is 11.6 Å². The molecule has 2 aromatic heterocycles. The van der Waals surface area contributed by atoms with Crippen molar-refractivity contribution < 1.29 is 4.79 Å². The van der Waals surface area contributed by atoms with Crippen molar-refractivity contribution in [1.29, 1.82) is 0 Å². The molecular formula is C20H22N6O2. The van der Waals surface area contributed by atoms with E-state index >= 15 is 0 Å². The van der Waals surface area contributed by atoms with Gasteiger partial charge in [-0.2, -0.15) is 5.10 Å². The van der Waals surface area contributed by atoms with E-state index < -0.39 is 0 Å². The molecule has 0 aliphatic carbocycles. The van der Waals surface area contributed by atoms with Crippen molar-refractivity contribution in [3.8, 4) is 0 Å². The minimum Gasteiger partial charge on any atom is -0.357 e. The summed E-state index contributed by atoms with van der Waals surface area (Å²) in [6.07, 6.45) is 1.55. The van der Waals surface area contributed by atoms with Crippen LogP contribution in [0.4, 0.5) is 11.6 Å². The fourth-order valence-corrected chi connectivity index (χ4v) is 3.37. The first-order valence-electron chi connectivity index (χ1n) is 9.46. The van der Waals surface area contributed by atoms with E-state index in [0.29, 0.717) is 24.7 Å². The monoisotopic (exact) mass is 378 g/mol. The maximum Gasteiger partial charge on any atom is 0.279 e. The summed E-state index contributed by atoms with van der Waals surface area (Å²) < 4.78 is 1.34. The number of rotatable bonds is 3.